The molecule has 1 unspecified atom stereocenters. The fourth-order valence-electron chi connectivity index (χ4n) is 2.53. The Morgan fingerprint density at radius 3 is 2.43 bits per heavy atom. The number of sulfonamides is 1. The molecular weight excluding hydrogens is 286 g/mol. The maximum Gasteiger partial charge on any atom is 0.238 e. The second-order valence-corrected chi connectivity index (χ2v) is 7.21. The van der Waals surface area contributed by atoms with Crippen LogP contribution in [0.2, 0.25) is 0 Å². The molecule has 1 aromatic rings. The van der Waals surface area contributed by atoms with Crippen LogP contribution in [0.5, 0.6) is 0 Å². The average Bonchev–Trinajstić information content (AvgIpc) is 3.27. The molecule has 0 amide bonds. The summed E-state index contributed by atoms with van der Waals surface area (Å²) in [7, 11) is -3.61. The third kappa shape index (κ3) is 4.78. The highest BCUT2D eigenvalue weighted by molar-refractivity contribution is 7.89. The predicted octanol–water partition coefficient (Wildman–Crippen LogP) is 1.47. The number of likely N-dealkylation sites (N-methyl/N-ethyl adjacent to an activating group) is 1. The van der Waals surface area contributed by atoms with Crippen LogP contribution in [-0.4, -0.2) is 39.0 Å². The van der Waals surface area contributed by atoms with Crippen LogP contribution in [0, 0.1) is 0 Å². The standard InChI is InChI=1S/C15H25N3O2S/c1-3-18(14-6-7-14)11-10-17-12(2)13-4-8-15(9-5-13)21(16,19)20/h4-5,8-9,12,14,17H,3,6-7,10-11H2,1-2H3,(H2,16,19,20). The summed E-state index contributed by atoms with van der Waals surface area (Å²) in [5.74, 6) is 0. The van der Waals surface area contributed by atoms with Crippen LogP contribution < -0.4 is 10.5 Å². The Morgan fingerprint density at radius 2 is 1.95 bits per heavy atom. The lowest BCUT2D eigenvalue weighted by Crippen LogP contribution is -2.34. The first-order valence-corrected chi connectivity index (χ1v) is 9.06. The first kappa shape index (κ1) is 16.4. The topological polar surface area (TPSA) is 75.4 Å². The molecule has 6 heteroatoms. The SMILES string of the molecule is CCN(CCNC(C)c1ccc(S(N)(=O)=O)cc1)C1CC1. The molecule has 5 nitrogen and oxygen atoms in total. The highest BCUT2D eigenvalue weighted by Crippen LogP contribution is 2.26. The van der Waals surface area contributed by atoms with Crippen LogP contribution in [0.15, 0.2) is 29.2 Å². The maximum atomic E-state index is 11.2. The summed E-state index contributed by atoms with van der Waals surface area (Å²) >= 11 is 0. The number of hydrogen-bond acceptors (Lipinski definition) is 4. The lowest BCUT2D eigenvalue weighted by Gasteiger charge is -2.22. The molecule has 21 heavy (non-hydrogen) atoms. The fourth-order valence-corrected chi connectivity index (χ4v) is 3.04. The number of hydrogen-bond donors (Lipinski definition) is 2. The van der Waals surface area contributed by atoms with Crippen molar-refractivity contribution in [2.45, 2.75) is 43.7 Å². The number of primary sulfonamides is 1. The Bertz CT molecular complexity index is 553. The normalized spacial score (nSPS) is 17.1. The van der Waals surface area contributed by atoms with E-state index in [0.717, 1.165) is 31.2 Å². The van der Waals surface area contributed by atoms with Crippen molar-refractivity contribution in [3.63, 3.8) is 0 Å². The molecule has 118 valence electrons. The average molecular weight is 311 g/mol. The number of nitrogens with zero attached hydrogens (tertiary/aromatic N) is 1. The number of benzene rings is 1. The van der Waals surface area contributed by atoms with Crippen molar-refractivity contribution in [3.05, 3.63) is 29.8 Å². The van der Waals surface area contributed by atoms with Gasteiger partial charge in [0, 0.05) is 25.2 Å². The van der Waals surface area contributed by atoms with Crippen molar-refractivity contribution >= 4 is 10.0 Å². The van der Waals surface area contributed by atoms with Gasteiger partial charge in [-0.25, -0.2) is 13.6 Å². The molecule has 2 rings (SSSR count). The molecule has 0 saturated heterocycles. The van der Waals surface area contributed by atoms with Crippen molar-refractivity contribution in [1.29, 1.82) is 0 Å². The maximum absolute atomic E-state index is 11.2. The van der Waals surface area contributed by atoms with Crippen molar-refractivity contribution in [2.75, 3.05) is 19.6 Å². The van der Waals surface area contributed by atoms with Gasteiger partial charge < -0.3 is 5.32 Å². The Morgan fingerprint density at radius 1 is 1.33 bits per heavy atom. The minimum absolute atomic E-state index is 0.157. The second-order valence-electron chi connectivity index (χ2n) is 5.65. The minimum Gasteiger partial charge on any atom is -0.309 e. The van der Waals surface area contributed by atoms with Gasteiger partial charge in [0.2, 0.25) is 10.0 Å². The minimum atomic E-state index is -3.61. The van der Waals surface area contributed by atoms with Gasteiger partial charge in [0.05, 0.1) is 4.90 Å². The molecule has 1 fully saturated rings. The lowest BCUT2D eigenvalue weighted by molar-refractivity contribution is 0.273. The van der Waals surface area contributed by atoms with E-state index in [1.807, 2.05) is 12.1 Å². The Labute approximate surface area is 127 Å². The zero-order chi connectivity index (χ0) is 15.5. The van der Waals surface area contributed by atoms with E-state index in [2.05, 4.69) is 24.1 Å². The van der Waals surface area contributed by atoms with Gasteiger partial charge in [0.15, 0.2) is 0 Å². The van der Waals surface area contributed by atoms with E-state index in [9.17, 15) is 8.42 Å². The smallest absolute Gasteiger partial charge is 0.238 e. The van der Waals surface area contributed by atoms with Crippen molar-refractivity contribution in [2.24, 2.45) is 5.14 Å². The third-order valence-electron chi connectivity index (χ3n) is 4.03. The molecule has 1 atom stereocenters. The van der Waals surface area contributed by atoms with Gasteiger partial charge in [-0.15, -0.1) is 0 Å². The number of rotatable bonds is 8. The quantitative estimate of drug-likeness (QED) is 0.762. The van der Waals surface area contributed by atoms with Gasteiger partial charge >= 0.3 is 0 Å². The summed E-state index contributed by atoms with van der Waals surface area (Å²) in [5, 5.41) is 8.58. The second kappa shape index (κ2) is 6.87. The van der Waals surface area contributed by atoms with Crippen molar-refractivity contribution in [3.8, 4) is 0 Å². The van der Waals surface area contributed by atoms with Crippen LogP contribution in [0.4, 0.5) is 0 Å². The van der Waals surface area contributed by atoms with E-state index >= 15 is 0 Å². The van der Waals surface area contributed by atoms with Crippen molar-refractivity contribution < 1.29 is 8.42 Å². The van der Waals surface area contributed by atoms with E-state index in [1.165, 1.54) is 12.8 Å². The molecule has 1 saturated carbocycles. The van der Waals surface area contributed by atoms with Crippen LogP contribution >= 0.6 is 0 Å². The molecule has 1 aliphatic carbocycles. The lowest BCUT2D eigenvalue weighted by atomic mass is 10.1. The van der Waals surface area contributed by atoms with Crippen LogP contribution in [-0.2, 0) is 10.0 Å². The zero-order valence-electron chi connectivity index (χ0n) is 12.7. The molecule has 0 bridgehead atoms. The molecule has 1 aromatic carbocycles. The summed E-state index contributed by atoms with van der Waals surface area (Å²) in [5.41, 5.74) is 1.07. The van der Waals surface area contributed by atoms with E-state index in [0.29, 0.717) is 0 Å². The molecule has 3 N–H and O–H groups in total. The molecular formula is C15H25N3O2S. The summed E-state index contributed by atoms with van der Waals surface area (Å²) in [6.45, 7) is 7.38. The summed E-state index contributed by atoms with van der Waals surface area (Å²) in [6, 6.07) is 7.74. The van der Waals surface area contributed by atoms with Crippen molar-refractivity contribution in [1.82, 2.24) is 10.2 Å². The highest BCUT2D eigenvalue weighted by Gasteiger charge is 2.27. The van der Waals surface area contributed by atoms with E-state index in [4.69, 9.17) is 5.14 Å². The largest absolute Gasteiger partial charge is 0.309 e. The van der Waals surface area contributed by atoms with Crippen LogP contribution in [0.25, 0.3) is 0 Å². The van der Waals surface area contributed by atoms with Gasteiger partial charge in [0.25, 0.3) is 0 Å². The van der Waals surface area contributed by atoms with Gasteiger partial charge in [-0.05, 0) is 44.0 Å². The first-order chi connectivity index (χ1) is 9.91. The summed E-state index contributed by atoms with van der Waals surface area (Å²) < 4.78 is 22.4. The molecule has 0 heterocycles. The van der Waals surface area contributed by atoms with E-state index < -0.39 is 10.0 Å². The number of nitrogens with one attached hydrogen (secondary N) is 1. The van der Waals surface area contributed by atoms with Gasteiger partial charge in [-0.2, -0.15) is 0 Å². The van der Waals surface area contributed by atoms with Crippen LogP contribution in [0.1, 0.15) is 38.3 Å². The molecule has 0 spiro atoms. The summed E-state index contributed by atoms with van der Waals surface area (Å²) in [6.07, 6.45) is 2.66. The van der Waals surface area contributed by atoms with E-state index in [1.54, 1.807) is 12.1 Å². The van der Waals surface area contributed by atoms with Gasteiger partial charge in [0.1, 0.15) is 0 Å². The Kier molecular flexibility index (Phi) is 5.37. The summed E-state index contributed by atoms with van der Waals surface area (Å²) in [4.78, 5) is 2.66. The van der Waals surface area contributed by atoms with Crippen LogP contribution in [0.3, 0.4) is 0 Å². The Balaban J connectivity index is 1.84. The monoisotopic (exact) mass is 311 g/mol. The fraction of sp³-hybridized carbons (Fsp3) is 0.600. The molecule has 0 aliphatic heterocycles. The van der Waals surface area contributed by atoms with Gasteiger partial charge in [-0.3, -0.25) is 4.90 Å². The van der Waals surface area contributed by atoms with E-state index in [-0.39, 0.29) is 10.9 Å². The zero-order valence-corrected chi connectivity index (χ0v) is 13.6. The number of nitrogens with two attached hydrogens (primary N) is 1. The van der Waals surface area contributed by atoms with Gasteiger partial charge in [-0.1, -0.05) is 19.1 Å². The molecule has 1 aliphatic rings. The third-order valence-corrected chi connectivity index (χ3v) is 4.96. The molecule has 0 radical (unpaired) electrons. The molecule has 0 aromatic heterocycles. The highest BCUT2D eigenvalue weighted by atomic mass is 32.2. The predicted molar refractivity (Wildman–Crippen MR) is 84.5 cm³/mol. The Hall–Kier alpha value is -0.950. The first-order valence-electron chi connectivity index (χ1n) is 7.52.